The molecule has 9 atom stereocenters. The monoisotopic (exact) mass is 610 g/mol. The van der Waals surface area contributed by atoms with Gasteiger partial charge in [0.15, 0.2) is 0 Å². The maximum atomic E-state index is 13.3. The van der Waals surface area contributed by atoms with E-state index >= 15 is 0 Å². The zero-order valence-corrected chi connectivity index (χ0v) is 26.4. The van der Waals surface area contributed by atoms with Gasteiger partial charge in [-0.05, 0) is 5.92 Å². The molecule has 0 unspecified atom stereocenters. The number of fused-ring (bicyclic) bond motifs is 5. The van der Waals surface area contributed by atoms with Crippen molar-refractivity contribution in [3.8, 4) is 0 Å². The molecule has 0 aliphatic heterocycles. The van der Waals surface area contributed by atoms with Crippen LogP contribution in [0.3, 0.4) is 0 Å². The first-order valence-corrected chi connectivity index (χ1v) is 17.6. The summed E-state index contributed by atoms with van der Waals surface area (Å²) < 4.78 is 40.2. The summed E-state index contributed by atoms with van der Waals surface area (Å²) in [5, 5.41) is 0. The summed E-state index contributed by atoms with van der Waals surface area (Å²) in [6.07, 6.45) is 9.20. The Morgan fingerprint density at radius 1 is 0.872 bits per heavy atom. The van der Waals surface area contributed by atoms with Crippen LogP contribution in [-0.2, 0) is 11.0 Å². The molecule has 0 radical (unpaired) electrons. The zero-order chi connectivity index (χ0) is 28.2. The Hall–Kier alpha value is -0.801. The van der Waals surface area contributed by atoms with Crippen molar-refractivity contribution in [1.82, 2.24) is 0 Å². The Morgan fingerprint density at radius 3 is 2.21 bits per heavy atom. The van der Waals surface area contributed by atoms with Crippen molar-refractivity contribution in [3.05, 3.63) is 29.8 Å². The minimum atomic E-state index is -4.32. The number of carbonyl (C=O) groups is 1. The van der Waals surface area contributed by atoms with E-state index in [1.54, 1.807) is 12.1 Å². The molecular formula is C34H49F3OSe. The van der Waals surface area contributed by atoms with E-state index < -0.39 is 11.7 Å². The van der Waals surface area contributed by atoms with Crippen LogP contribution in [0.15, 0.2) is 24.3 Å². The van der Waals surface area contributed by atoms with E-state index in [1.165, 1.54) is 63.5 Å². The molecule has 5 rings (SSSR count). The van der Waals surface area contributed by atoms with Crippen molar-refractivity contribution in [3.63, 3.8) is 0 Å². The van der Waals surface area contributed by atoms with E-state index in [1.807, 2.05) is 0 Å². The number of halogens is 3. The van der Waals surface area contributed by atoms with Crippen LogP contribution in [0.25, 0.3) is 0 Å². The van der Waals surface area contributed by atoms with E-state index in [9.17, 15) is 18.0 Å². The summed E-state index contributed by atoms with van der Waals surface area (Å²) in [5.41, 5.74) is 0.0596. The summed E-state index contributed by atoms with van der Waals surface area (Å²) >= 11 is -0.118. The molecule has 4 aliphatic rings. The fourth-order valence-corrected chi connectivity index (χ4v) is 13.2. The SMILES string of the molecule is CC(C)CCC[C@@H](C)[C@H]1CC[C@H]2[C@@H]3CC[C@H]4[C@@H]([Se]c5ccc(C(F)(F)F)cc5)C(=O)CC[C@]4(C)[C@H]3CC[C@]12C. The Balaban J connectivity index is 1.30. The molecule has 4 aliphatic carbocycles. The number of alkyl halides is 3. The molecule has 39 heavy (non-hydrogen) atoms. The van der Waals surface area contributed by atoms with Gasteiger partial charge in [-0.3, -0.25) is 0 Å². The van der Waals surface area contributed by atoms with Gasteiger partial charge >= 0.3 is 222 Å². The number of rotatable bonds is 7. The molecule has 1 nitrogen and oxygen atoms in total. The molecule has 0 heterocycles. The van der Waals surface area contributed by atoms with E-state index in [0.29, 0.717) is 29.5 Å². The Kier molecular flexibility index (Phi) is 8.47. The minimum absolute atomic E-state index is 0.0135. The molecule has 1 aromatic rings. The van der Waals surface area contributed by atoms with Gasteiger partial charge in [0.25, 0.3) is 0 Å². The topological polar surface area (TPSA) is 17.1 Å². The van der Waals surface area contributed by atoms with E-state index in [-0.39, 0.29) is 25.2 Å². The molecule has 0 aromatic heterocycles. The van der Waals surface area contributed by atoms with Gasteiger partial charge < -0.3 is 0 Å². The third-order valence-corrected chi connectivity index (χ3v) is 15.1. The maximum absolute atomic E-state index is 13.3. The van der Waals surface area contributed by atoms with Crippen molar-refractivity contribution in [2.75, 3.05) is 0 Å². The molecule has 0 spiro atoms. The van der Waals surface area contributed by atoms with Gasteiger partial charge in [0.05, 0.1) is 0 Å². The standard InChI is InChI=1S/C34H49F3OSe/c1-21(2)7-6-8-22(3)26-15-16-27-25-13-14-29-31(39-24-11-9-23(10-12-24)34(35,36)37)30(38)18-20-33(29,5)28(25)17-19-32(26,27)4/h9-12,21-22,25-29,31H,6-8,13-20H2,1-5H3/t22-,25+,26-,27+,28+,29+,31-,32-,33-/m1/s1. The van der Waals surface area contributed by atoms with Crippen LogP contribution >= 0.6 is 0 Å². The predicted molar refractivity (Wildman–Crippen MR) is 154 cm³/mol. The Bertz CT molecular complexity index is 1020. The van der Waals surface area contributed by atoms with Gasteiger partial charge in [-0.1, -0.05) is 13.8 Å². The average Bonchev–Trinajstić information content (AvgIpc) is 3.23. The number of ketones is 1. The third kappa shape index (κ3) is 5.54. The van der Waals surface area contributed by atoms with Gasteiger partial charge in [-0.25, -0.2) is 0 Å². The molecule has 4 fully saturated rings. The van der Waals surface area contributed by atoms with E-state index in [0.717, 1.165) is 46.9 Å². The number of carbonyl (C=O) groups excluding carboxylic acids is 1. The molecule has 5 heteroatoms. The second kappa shape index (κ2) is 11.1. The summed E-state index contributed by atoms with van der Waals surface area (Å²) in [6, 6.07) is 5.65. The zero-order valence-electron chi connectivity index (χ0n) is 24.7. The molecule has 0 saturated heterocycles. The second-order valence-corrected chi connectivity index (χ2v) is 17.2. The first kappa shape index (κ1) is 29.7. The number of hydrogen-bond acceptors (Lipinski definition) is 1. The van der Waals surface area contributed by atoms with Crippen LogP contribution in [0, 0.1) is 52.3 Å². The first-order chi connectivity index (χ1) is 18.3. The van der Waals surface area contributed by atoms with E-state index in [2.05, 4.69) is 34.6 Å². The second-order valence-electron chi connectivity index (χ2n) is 14.6. The van der Waals surface area contributed by atoms with Crippen LogP contribution in [0.1, 0.15) is 111 Å². The number of benzene rings is 1. The van der Waals surface area contributed by atoms with Crippen LogP contribution in [0.4, 0.5) is 13.2 Å². The fraction of sp³-hybridized carbons (Fsp3) is 0.794. The summed E-state index contributed by atoms with van der Waals surface area (Å²) in [4.78, 5) is 13.3. The third-order valence-electron chi connectivity index (χ3n) is 12.2. The van der Waals surface area contributed by atoms with Gasteiger partial charge in [0.2, 0.25) is 0 Å². The fourth-order valence-electron chi connectivity index (χ4n) is 10.2. The van der Waals surface area contributed by atoms with Crippen molar-refractivity contribution in [2.24, 2.45) is 52.3 Å². The van der Waals surface area contributed by atoms with Gasteiger partial charge in [0, 0.05) is 0 Å². The van der Waals surface area contributed by atoms with Gasteiger partial charge in [-0.15, -0.1) is 0 Å². The van der Waals surface area contributed by atoms with Gasteiger partial charge in [0.1, 0.15) is 0 Å². The van der Waals surface area contributed by atoms with Crippen molar-refractivity contribution < 1.29 is 18.0 Å². The first-order valence-electron chi connectivity index (χ1n) is 15.7. The van der Waals surface area contributed by atoms with Crippen LogP contribution in [0.5, 0.6) is 0 Å². The van der Waals surface area contributed by atoms with Crippen molar-refractivity contribution in [1.29, 1.82) is 0 Å². The van der Waals surface area contributed by atoms with E-state index in [4.69, 9.17) is 0 Å². The summed E-state index contributed by atoms with van der Waals surface area (Å²) in [5.74, 6) is 5.51. The molecule has 218 valence electrons. The molecule has 1 aromatic carbocycles. The molecular weight excluding hydrogens is 560 g/mol. The quantitative estimate of drug-likeness (QED) is 0.282. The van der Waals surface area contributed by atoms with Crippen LogP contribution in [-0.4, -0.2) is 20.7 Å². The normalized spacial score (nSPS) is 39.3. The Morgan fingerprint density at radius 2 is 1.54 bits per heavy atom. The molecule has 0 amide bonds. The van der Waals surface area contributed by atoms with Crippen LogP contribution < -0.4 is 4.46 Å². The predicted octanol–water partition coefficient (Wildman–Crippen LogP) is 9.12. The molecule has 4 saturated carbocycles. The molecule has 0 N–H and O–H groups in total. The number of Topliss-reactive ketones (excluding diaryl/α,β-unsaturated/α-hetero) is 1. The van der Waals surface area contributed by atoms with Gasteiger partial charge in [-0.2, -0.15) is 0 Å². The van der Waals surface area contributed by atoms with Crippen molar-refractivity contribution in [2.45, 2.75) is 116 Å². The summed E-state index contributed by atoms with van der Waals surface area (Å²) in [7, 11) is 0. The average molecular weight is 610 g/mol. The van der Waals surface area contributed by atoms with Crippen LogP contribution in [0.2, 0.25) is 4.82 Å². The van der Waals surface area contributed by atoms with Crippen molar-refractivity contribution >= 4 is 25.2 Å². The summed E-state index contributed by atoms with van der Waals surface area (Å²) in [6.45, 7) is 12.3. The molecule has 0 bridgehead atoms. The number of hydrogen-bond donors (Lipinski definition) is 0. The Labute approximate surface area is 241 Å².